The molecule has 0 aliphatic rings. The van der Waals surface area contributed by atoms with Gasteiger partial charge in [0.1, 0.15) is 0 Å². The van der Waals surface area contributed by atoms with Crippen molar-refractivity contribution in [2.24, 2.45) is 0 Å². The second-order valence-corrected chi connectivity index (χ2v) is 6.24. The lowest BCUT2D eigenvalue weighted by Gasteiger charge is -2.33. The molecule has 0 fully saturated rings. The Morgan fingerprint density at radius 2 is 1.84 bits per heavy atom. The molecular formula is C15H34N2O2. The van der Waals surface area contributed by atoms with Crippen LogP contribution in [0.15, 0.2) is 0 Å². The van der Waals surface area contributed by atoms with E-state index in [2.05, 4.69) is 44.8 Å². The van der Waals surface area contributed by atoms with Gasteiger partial charge in [0, 0.05) is 31.3 Å². The van der Waals surface area contributed by atoms with Gasteiger partial charge >= 0.3 is 0 Å². The molecule has 0 heterocycles. The summed E-state index contributed by atoms with van der Waals surface area (Å²) in [7, 11) is 1.74. The van der Waals surface area contributed by atoms with Crippen LogP contribution in [0.1, 0.15) is 47.5 Å². The number of nitrogens with zero attached hydrogens (tertiary/aromatic N) is 1. The first-order valence-corrected chi connectivity index (χ1v) is 7.46. The highest BCUT2D eigenvalue weighted by molar-refractivity contribution is 4.84. The minimum Gasteiger partial charge on any atom is -0.394 e. The molecule has 0 spiro atoms. The molecule has 0 bridgehead atoms. The van der Waals surface area contributed by atoms with E-state index in [0.717, 1.165) is 32.5 Å². The molecule has 0 rings (SSSR count). The molecule has 0 aliphatic heterocycles. The summed E-state index contributed by atoms with van der Waals surface area (Å²) >= 11 is 0. The number of hydrogen-bond donors (Lipinski definition) is 2. The number of aliphatic hydroxyl groups is 1. The third-order valence-electron chi connectivity index (χ3n) is 3.47. The van der Waals surface area contributed by atoms with Gasteiger partial charge in [0.25, 0.3) is 0 Å². The quantitative estimate of drug-likeness (QED) is 0.604. The molecule has 0 aromatic carbocycles. The Balaban J connectivity index is 4.14. The van der Waals surface area contributed by atoms with Gasteiger partial charge in [-0.2, -0.15) is 0 Å². The number of hydrogen-bond acceptors (Lipinski definition) is 4. The van der Waals surface area contributed by atoms with E-state index in [1.54, 1.807) is 7.11 Å². The molecule has 0 amide bonds. The van der Waals surface area contributed by atoms with Gasteiger partial charge in [0.2, 0.25) is 0 Å². The van der Waals surface area contributed by atoms with Crippen molar-refractivity contribution in [2.75, 3.05) is 33.4 Å². The Labute approximate surface area is 119 Å². The maximum atomic E-state index is 9.55. The van der Waals surface area contributed by atoms with E-state index in [1.807, 2.05) is 0 Å². The van der Waals surface area contributed by atoms with Crippen molar-refractivity contribution < 1.29 is 9.84 Å². The molecule has 2 N–H and O–H groups in total. The van der Waals surface area contributed by atoms with E-state index in [9.17, 15) is 5.11 Å². The van der Waals surface area contributed by atoms with E-state index < -0.39 is 0 Å². The summed E-state index contributed by atoms with van der Waals surface area (Å²) in [6.45, 7) is 13.8. The number of rotatable bonds is 11. The van der Waals surface area contributed by atoms with E-state index in [0.29, 0.717) is 12.1 Å². The molecule has 0 saturated carbocycles. The number of methoxy groups -OCH3 is 1. The first kappa shape index (κ1) is 18.8. The fourth-order valence-electron chi connectivity index (χ4n) is 2.40. The van der Waals surface area contributed by atoms with Crippen molar-refractivity contribution in [3.05, 3.63) is 0 Å². The molecule has 1 atom stereocenters. The van der Waals surface area contributed by atoms with Crippen molar-refractivity contribution in [2.45, 2.75) is 65.1 Å². The first-order chi connectivity index (χ1) is 8.84. The Hall–Kier alpha value is -0.160. The molecule has 19 heavy (non-hydrogen) atoms. The molecule has 4 nitrogen and oxygen atoms in total. The van der Waals surface area contributed by atoms with E-state index in [4.69, 9.17) is 4.74 Å². The molecule has 1 unspecified atom stereocenters. The smallest absolute Gasteiger partial charge is 0.0610 e. The van der Waals surface area contributed by atoms with Crippen LogP contribution in [0.25, 0.3) is 0 Å². The highest BCUT2D eigenvalue weighted by atomic mass is 16.5. The summed E-state index contributed by atoms with van der Waals surface area (Å²) in [5.74, 6) is 0. The van der Waals surface area contributed by atoms with Crippen molar-refractivity contribution in [1.29, 1.82) is 0 Å². The second-order valence-electron chi connectivity index (χ2n) is 6.24. The highest BCUT2D eigenvalue weighted by Gasteiger charge is 2.23. The fourth-order valence-corrected chi connectivity index (χ4v) is 2.40. The molecule has 0 aliphatic carbocycles. The van der Waals surface area contributed by atoms with Crippen molar-refractivity contribution in [3.8, 4) is 0 Å². The fraction of sp³-hybridized carbons (Fsp3) is 1.00. The molecule has 4 heteroatoms. The normalized spacial score (nSPS) is 15.5. The van der Waals surface area contributed by atoms with Crippen LogP contribution in [0, 0.1) is 0 Å². The first-order valence-electron chi connectivity index (χ1n) is 7.46. The third kappa shape index (κ3) is 8.58. The minimum absolute atomic E-state index is 0.169. The van der Waals surface area contributed by atoms with Crippen LogP contribution in [-0.4, -0.2) is 61.0 Å². The molecule has 116 valence electrons. The van der Waals surface area contributed by atoms with Crippen LogP contribution >= 0.6 is 0 Å². The lowest BCUT2D eigenvalue weighted by Crippen LogP contribution is -2.49. The zero-order valence-electron chi connectivity index (χ0n) is 13.7. The summed E-state index contributed by atoms with van der Waals surface area (Å²) in [6, 6.07) is 0.931. The van der Waals surface area contributed by atoms with Crippen LogP contribution in [0.4, 0.5) is 0 Å². The van der Waals surface area contributed by atoms with Gasteiger partial charge in [0.05, 0.1) is 13.2 Å². The van der Waals surface area contributed by atoms with Gasteiger partial charge in [-0.1, -0.05) is 13.8 Å². The van der Waals surface area contributed by atoms with Gasteiger partial charge < -0.3 is 15.2 Å². The number of nitrogens with one attached hydrogen (secondary N) is 1. The lowest BCUT2D eigenvalue weighted by atomic mass is 9.95. The van der Waals surface area contributed by atoms with E-state index >= 15 is 0 Å². The molecule has 0 aromatic rings. The minimum atomic E-state index is -0.169. The Morgan fingerprint density at radius 1 is 1.21 bits per heavy atom. The van der Waals surface area contributed by atoms with Gasteiger partial charge in [-0.05, 0) is 40.2 Å². The predicted octanol–water partition coefficient (Wildman–Crippen LogP) is 1.87. The van der Waals surface area contributed by atoms with Crippen LogP contribution < -0.4 is 5.32 Å². The Kier molecular flexibility index (Phi) is 9.62. The summed E-state index contributed by atoms with van der Waals surface area (Å²) < 4.78 is 5.15. The van der Waals surface area contributed by atoms with E-state index in [1.165, 1.54) is 0 Å². The van der Waals surface area contributed by atoms with Gasteiger partial charge in [-0.25, -0.2) is 0 Å². The second kappa shape index (κ2) is 9.70. The summed E-state index contributed by atoms with van der Waals surface area (Å²) in [4.78, 5) is 2.43. The maximum absolute atomic E-state index is 9.55. The summed E-state index contributed by atoms with van der Waals surface area (Å²) in [5, 5.41) is 13.0. The molecular weight excluding hydrogens is 240 g/mol. The SMILES string of the molecule is COCCN(CCCC(C)(CO)NC(C)C)C(C)C. The standard InChI is InChI=1S/C15H34N2O2/c1-13(2)16-15(5,12-18)8-7-9-17(14(3)4)10-11-19-6/h13-14,16,18H,7-12H2,1-6H3. The van der Waals surface area contributed by atoms with Crippen LogP contribution in [0.2, 0.25) is 0 Å². The topological polar surface area (TPSA) is 44.7 Å². The van der Waals surface area contributed by atoms with Crippen LogP contribution in [-0.2, 0) is 4.74 Å². The molecule has 0 radical (unpaired) electrons. The zero-order chi connectivity index (χ0) is 14.9. The maximum Gasteiger partial charge on any atom is 0.0610 e. The molecule has 0 saturated heterocycles. The number of aliphatic hydroxyl groups excluding tert-OH is 1. The van der Waals surface area contributed by atoms with Gasteiger partial charge in [0.15, 0.2) is 0 Å². The number of ether oxygens (including phenoxy) is 1. The lowest BCUT2D eigenvalue weighted by molar-refractivity contribution is 0.117. The van der Waals surface area contributed by atoms with Crippen molar-refractivity contribution in [3.63, 3.8) is 0 Å². The largest absolute Gasteiger partial charge is 0.394 e. The monoisotopic (exact) mass is 274 g/mol. The summed E-state index contributed by atoms with van der Waals surface area (Å²) in [5.41, 5.74) is -0.169. The van der Waals surface area contributed by atoms with Crippen molar-refractivity contribution >= 4 is 0 Å². The van der Waals surface area contributed by atoms with Crippen molar-refractivity contribution in [1.82, 2.24) is 10.2 Å². The third-order valence-corrected chi connectivity index (χ3v) is 3.47. The average Bonchev–Trinajstić information content (AvgIpc) is 2.32. The van der Waals surface area contributed by atoms with Crippen LogP contribution in [0.5, 0.6) is 0 Å². The highest BCUT2D eigenvalue weighted by Crippen LogP contribution is 2.14. The molecule has 0 aromatic heterocycles. The Bertz CT molecular complexity index is 222. The van der Waals surface area contributed by atoms with E-state index in [-0.39, 0.29) is 12.1 Å². The Morgan fingerprint density at radius 3 is 2.26 bits per heavy atom. The van der Waals surface area contributed by atoms with Gasteiger partial charge in [-0.15, -0.1) is 0 Å². The van der Waals surface area contributed by atoms with Crippen LogP contribution in [0.3, 0.4) is 0 Å². The van der Waals surface area contributed by atoms with Gasteiger partial charge in [-0.3, -0.25) is 4.90 Å². The summed E-state index contributed by atoms with van der Waals surface area (Å²) in [6.07, 6.45) is 2.07. The predicted molar refractivity (Wildman–Crippen MR) is 81.6 cm³/mol. The average molecular weight is 274 g/mol. The zero-order valence-corrected chi connectivity index (χ0v) is 13.7.